The lowest BCUT2D eigenvalue weighted by Crippen LogP contribution is -2.26. The first-order valence-corrected chi connectivity index (χ1v) is 7.42. The van der Waals surface area contributed by atoms with E-state index in [1.807, 2.05) is 18.2 Å². The van der Waals surface area contributed by atoms with E-state index in [4.69, 9.17) is 9.47 Å². The molecule has 1 aliphatic heterocycles. The molecule has 0 fully saturated rings. The normalized spacial score (nSPS) is 13.4. The van der Waals surface area contributed by atoms with Crippen molar-refractivity contribution in [2.45, 2.75) is 13.0 Å². The van der Waals surface area contributed by atoms with Gasteiger partial charge >= 0.3 is 0 Å². The van der Waals surface area contributed by atoms with Crippen LogP contribution in [0.1, 0.15) is 11.1 Å². The van der Waals surface area contributed by atoms with Crippen LogP contribution in [-0.2, 0) is 17.8 Å². The monoisotopic (exact) mass is 313 g/mol. The van der Waals surface area contributed by atoms with Crippen molar-refractivity contribution < 1.29 is 19.4 Å². The largest absolute Gasteiger partial charge is 0.508 e. The molecule has 2 aromatic carbocycles. The molecule has 0 atom stereocenters. The average Bonchev–Trinajstić information content (AvgIpc) is 2.57. The van der Waals surface area contributed by atoms with Crippen molar-refractivity contribution in [1.29, 1.82) is 0 Å². The standard InChI is InChI=1S/C18H19NO4/c1-22-17-7-13-10-19(11-20)6-5-12-3-4-14(21)8-15(12)16(13)9-18(17)23-2/h3-4,7-9,11,21H,5-6,10H2,1-2H3. The SMILES string of the molecule is COc1cc2c(cc1OC)-c1cc(O)ccc1CCN(C=O)C2. The van der Waals surface area contributed by atoms with Crippen LogP contribution in [0.4, 0.5) is 0 Å². The van der Waals surface area contributed by atoms with Crippen LogP contribution in [0.15, 0.2) is 30.3 Å². The van der Waals surface area contributed by atoms with Crippen LogP contribution in [0.25, 0.3) is 11.1 Å². The minimum atomic E-state index is 0.220. The van der Waals surface area contributed by atoms with Gasteiger partial charge in [0.1, 0.15) is 5.75 Å². The Labute approximate surface area is 135 Å². The molecule has 120 valence electrons. The Morgan fingerprint density at radius 3 is 2.43 bits per heavy atom. The Morgan fingerprint density at radius 1 is 1.04 bits per heavy atom. The molecule has 0 aromatic heterocycles. The van der Waals surface area contributed by atoms with Gasteiger partial charge in [0.05, 0.1) is 14.2 Å². The van der Waals surface area contributed by atoms with Crippen LogP contribution < -0.4 is 9.47 Å². The highest BCUT2D eigenvalue weighted by Crippen LogP contribution is 2.39. The summed E-state index contributed by atoms with van der Waals surface area (Å²) in [6, 6.07) is 9.13. The molecule has 1 heterocycles. The topological polar surface area (TPSA) is 59.0 Å². The summed E-state index contributed by atoms with van der Waals surface area (Å²) in [5.41, 5.74) is 3.95. The molecular weight excluding hydrogens is 294 g/mol. The molecule has 1 aliphatic rings. The molecule has 5 nitrogen and oxygen atoms in total. The smallest absolute Gasteiger partial charge is 0.210 e. The quantitative estimate of drug-likeness (QED) is 0.885. The van der Waals surface area contributed by atoms with Gasteiger partial charge in [-0.2, -0.15) is 0 Å². The van der Waals surface area contributed by atoms with Crippen molar-refractivity contribution >= 4 is 6.41 Å². The number of fused-ring (bicyclic) bond motifs is 3. The number of hydrogen-bond donors (Lipinski definition) is 1. The number of methoxy groups -OCH3 is 2. The van der Waals surface area contributed by atoms with E-state index >= 15 is 0 Å². The molecule has 1 amide bonds. The van der Waals surface area contributed by atoms with Crippen molar-refractivity contribution in [3.63, 3.8) is 0 Å². The maximum atomic E-state index is 11.3. The number of hydrogen-bond acceptors (Lipinski definition) is 4. The highest BCUT2D eigenvalue weighted by molar-refractivity contribution is 5.76. The minimum absolute atomic E-state index is 0.220. The second-order valence-electron chi connectivity index (χ2n) is 5.53. The number of ether oxygens (including phenoxy) is 2. The lowest BCUT2D eigenvalue weighted by Gasteiger charge is -2.25. The Kier molecular flexibility index (Phi) is 4.10. The maximum Gasteiger partial charge on any atom is 0.210 e. The second-order valence-corrected chi connectivity index (χ2v) is 5.53. The Bertz CT molecular complexity index is 742. The van der Waals surface area contributed by atoms with Crippen LogP contribution >= 0.6 is 0 Å². The van der Waals surface area contributed by atoms with E-state index in [9.17, 15) is 9.90 Å². The van der Waals surface area contributed by atoms with Crippen LogP contribution in [0.3, 0.4) is 0 Å². The zero-order chi connectivity index (χ0) is 16.4. The van der Waals surface area contributed by atoms with Crippen LogP contribution in [-0.4, -0.2) is 37.2 Å². The molecule has 0 saturated heterocycles. The van der Waals surface area contributed by atoms with E-state index in [2.05, 4.69) is 0 Å². The number of rotatable bonds is 3. The van der Waals surface area contributed by atoms with Crippen molar-refractivity contribution in [2.75, 3.05) is 20.8 Å². The van der Waals surface area contributed by atoms with Gasteiger partial charge in [0.2, 0.25) is 6.41 Å². The van der Waals surface area contributed by atoms with E-state index in [0.717, 1.165) is 35.1 Å². The fourth-order valence-electron chi connectivity index (χ4n) is 2.99. The summed E-state index contributed by atoms with van der Waals surface area (Å²) in [6.07, 6.45) is 1.61. The van der Waals surface area contributed by atoms with Gasteiger partial charge in [-0.1, -0.05) is 6.07 Å². The molecular formula is C18H19NO4. The third kappa shape index (κ3) is 2.82. The molecule has 5 heteroatoms. The predicted octanol–water partition coefficient (Wildman–Crippen LogP) is 2.59. The predicted molar refractivity (Wildman–Crippen MR) is 86.8 cm³/mol. The summed E-state index contributed by atoms with van der Waals surface area (Å²) in [6.45, 7) is 1.13. The molecule has 2 aromatic rings. The molecule has 0 saturated carbocycles. The van der Waals surface area contributed by atoms with Crippen LogP contribution in [0, 0.1) is 0 Å². The minimum Gasteiger partial charge on any atom is -0.508 e. The number of nitrogens with zero attached hydrogens (tertiary/aromatic N) is 1. The van der Waals surface area contributed by atoms with E-state index in [0.29, 0.717) is 24.6 Å². The first kappa shape index (κ1) is 15.2. The molecule has 0 aliphatic carbocycles. The molecule has 3 rings (SSSR count). The number of phenolic OH excluding ortho intramolecular Hbond substituents is 1. The molecule has 1 N–H and O–H groups in total. The highest BCUT2D eigenvalue weighted by Gasteiger charge is 2.20. The summed E-state index contributed by atoms with van der Waals surface area (Å²) in [5, 5.41) is 9.88. The van der Waals surface area contributed by atoms with Gasteiger partial charge < -0.3 is 19.5 Å². The summed E-state index contributed by atoms with van der Waals surface area (Å²) in [4.78, 5) is 13.0. The fraction of sp³-hybridized carbons (Fsp3) is 0.278. The summed E-state index contributed by atoms with van der Waals surface area (Å²) >= 11 is 0. The molecule has 0 radical (unpaired) electrons. The van der Waals surface area contributed by atoms with Gasteiger partial charge in [0.25, 0.3) is 0 Å². The van der Waals surface area contributed by atoms with Gasteiger partial charge in [0.15, 0.2) is 11.5 Å². The van der Waals surface area contributed by atoms with Crippen molar-refractivity contribution in [1.82, 2.24) is 4.90 Å². The number of amides is 1. The number of aromatic hydroxyl groups is 1. The summed E-state index contributed by atoms with van der Waals surface area (Å²) in [5.74, 6) is 1.47. The third-order valence-corrected chi connectivity index (χ3v) is 4.18. The zero-order valence-electron chi connectivity index (χ0n) is 13.2. The maximum absolute atomic E-state index is 11.3. The molecule has 0 bridgehead atoms. The number of phenols is 1. The Morgan fingerprint density at radius 2 is 1.74 bits per heavy atom. The second kappa shape index (κ2) is 6.20. The first-order chi connectivity index (χ1) is 11.2. The van der Waals surface area contributed by atoms with E-state index in [1.54, 1.807) is 31.3 Å². The summed E-state index contributed by atoms with van der Waals surface area (Å²) < 4.78 is 10.8. The summed E-state index contributed by atoms with van der Waals surface area (Å²) in [7, 11) is 3.18. The number of carbonyl (C=O) groups excluding carboxylic acids is 1. The van der Waals surface area contributed by atoms with Crippen LogP contribution in [0.2, 0.25) is 0 Å². The van der Waals surface area contributed by atoms with Crippen molar-refractivity contribution in [3.8, 4) is 28.4 Å². The number of benzene rings is 2. The fourth-order valence-corrected chi connectivity index (χ4v) is 2.99. The van der Waals surface area contributed by atoms with Crippen molar-refractivity contribution in [3.05, 3.63) is 41.5 Å². The van der Waals surface area contributed by atoms with Crippen LogP contribution in [0.5, 0.6) is 17.2 Å². The Balaban J connectivity index is 2.25. The van der Waals surface area contributed by atoms with Crippen molar-refractivity contribution in [2.24, 2.45) is 0 Å². The van der Waals surface area contributed by atoms with Gasteiger partial charge in [-0.15, -0.1) is 0 Å². The van der Waals surface area contributed by atoms with Gasteiger partial charge in [-0.3, -0.25) is 4.79 Å². The van der Waals surface area contributed by atoms with E-state index < -0.39 is 0 Å². The average molecular weight is 313 g/mol. The third-order valence-electron chi connectivity index (χ3n) is 4.18. The van der Waals surface area contributed by atoms with Gasteiger partial charge in [-0.25, -0.2) is 0 Å². The molecule has 23 heavy (non-hydrogen) atoms. The zero-order valence-corrected chi connectivity index (χ0v) is 13.2. The van der Waals surface area contributed by atoms with E-state index in [1.165, 1.54) is 0 Å². The highest BCUT2D eigenvalue weighted by atomic mass is 16.5. The van der Waals surface area contributed by atoms with E-state index in [-0.39, 0.29) is 5.75 Å². The molecule has 0 unspecified atom stereocenters. The lowest BCUT2D eigenvalue weighted by molar-refractivity contribution is -0.118. The Hall–Kier alpha value is -2.69. The van der Waals surface area contributed by atoms with Gasteiger partial charge in [0, 0.05) is 13.1 Å². The van der Waals surface area contributed by atoms with Gasteiger partial charge in [-0.05, 0) is 52.9 Å². The molecule has 0 spiro atoms. The first-order valence-electron chi connectivity index (χ1n) is 7.42. The lowest BCUT2D eigenvalue weighted by atomic mass is 9.91. The number of carbonyl (C=O) groups is 1.